The quantitative estimate of drug-likeness (QED) is 0.738. The van der Waals surface area contributed by atoms with Gasteiger partial charge in [-0.3, -0.25) is 10.2 Å². The van der Waals surface area contributed by atoms with E-state index >= 15 is 0 Å². The molecule has 0 unspecified atom stereocenters. The topological polar surface area (TPSA) is 54.7 Å². The van der Waals surface area contributed by atoms with E-state index < -0.39 is 0 Å². The number of H-pyrrole nitrogens is 1. The summed E-state index contributed by atoms with van der Waals surface area (Å²) in [5, 5.41) is 13.9. The van der Waals surface area contributed by atoms with Crippen LogP contribution in [0.25, 0.3) is 10.9 Å². The summed E-state index contributed by atoms with van der Waals surface area (Å²) >= 11 is 1.32. The highest BCUT2D eigenvalue weighted by molar-refractivity contribution is 7.97. The molecular weight excluding hydrogens is 278 g/mol. The smallest absolute Gasteiger partial charge is 0.0664 e. The number of nitrogens with one attached hydrogen (secondary N) is 1. The lowest BCUT2D eigenvalue weighted by Gasteiger charge is -2.10. The first-order chi connectivity index (χ1) is 10.0. The molecule has 0 saturated carbocycles. The van der Waals surface area contributed by atoms with Crippen LogP contribution in [0.2, 0.25) is 0 Å². The fourth-order valence-corrected chi connectivity index (χ4v) is 2.52. The van der Waals surface area contributed by atoms with Gasteiger partial charge < -0.3 is 0 Å². The maximum Gasteiger partial charge on any atom is 0.0664 e. The van der Waals surface area contributed by atoms with Crippen molar-refractivity contribution in [3.63, 3.8) is 0 Å². The van der Waals surface area contributed by atoms with Crippen molar-refractivity contribution >= 4 is 22.9 Å². The van der Waals surface area contributed by atoms with Gasteiger partial charge in [0.1, 0.15) is 0 Å². The molecule has 120 valence electrons. The second-order valence-electron chi connectivity index (χ2n) is 5.41. The van der Waals surface area contributed by atoms with Gasteiger partial charge in [-0.25, -0.2) is 0 Å². The summed E-state index contributed by atoms with van der Waals surface area (Å²) in [6.07, 6.45) is 4.10. The molecule has 3 N–H and O–H groups in total. The standard InChI is InChI=1S/C11H15N3S.C4H10.C2H6/c1-3-4-8-7(2)9-6-13-14-10(9)5-11(8)15-12;1-4(2)3;1-2/h5-6H,3-4,12H2,1-2H3,(H,13,14);4H,1-3H3;1-2H3. The minimum absolute atomic E-state index is 0.833. The van der Waals surface area contributed by atoms with Crippen LogP contribution in [0.4, 0.5) is 0 Å². The van der Waals surface area contributed by atoms with E-state index in [1.165, 1.54) is 28.5 Å². The van der Waals surface area contributed by atoms with Crippen LogP contribution in [-0.4, -0.2) is 10.2 Å². The van der Waals surface area contributed by atoms with Crippen LogP contribution in [0, 0.1) is 12.8 Å². The molecule has 3 nitrogen and oxygen atoms in total. The first-order valence-electron chi connectivity index (χ1n) is 7.83. The minimum Gasteiger partial charge on any atom is -0.278 e. The largest absolute Gasteiger partial charge is 0.278 e. The third-order valence-electron chi connectivity index (χ3n) is 2.73. The summed E-state index contributed by atoms with van der Waals surface area (Å²) in [4.78, 5) is 1.16. The number of aryl methyl sites for hydroxylation is 1. The lowest BCUT2D eigenvalue weighted by molar-refractivity contribution is 0.737. The normalized spacial score (nSPS) is 9.95. The van der Waals surface area contributed by atoms with Gasteiger partial charge in [-0.15, -0.1) is 0 Å². The molecule has 0 bridgehead atoms. The molecule has 2 rings (SSSR count). The molecule has 2 aromatic rings. The number of fused-ring (bicyclic) bond motifs is 1. The summed E-state index contributed by atoms with van der Waals surface area (Å²) < 4.78 is 0. The number of aromatic amines is 1. The number of rotatable bonds is 3. The van der Waals surface area contributed by atoms with E-state index in [1.54, 1.807) is 0 Å². The van der Waals surface area contributed by atoms with Gasteiger partial charge in [-0.05, 0) is 48.4 Å². The van der Waals surface area contributed by atoms with Gasteiger partial charge in [0.15, 0.2) is 0 Å². The Kier molecular flexibility index (Phi) is 10.2. The van der Waals surface area contributed by atoms with E-state index in [9.17, 15) is 0 Å². The van der Waals surface area contributed by atoms with Crippen LogP contribution in [-0.2, 0) is 6.42 Å². The Morgan fingerprint density at radius 1 is 1.29 bits per heavy atom. The van der Waals surface area contributed by atoms with Crippen molar-refractivity contribution in [3.8, 4) is 0 Å². The van der Waals surface area contributed by atoms with Gasteiger partial charge in [-0.1, -0.05) is 48.0 Å². The molecule has 0 atom stereocenters. The van der Waals surface area contributed by atoms with Crippen molar-refractivity contribution in [3.05, 3.63) is 23.4 Å². The van der Waals surface area contributed by atoms with Crippen molar-refractivity contribution in [2.24, 2.45) is 11.1 Å². The van der Waals surface area contributed by atoms with Gasteiger partial charge in [-0.2, -0.15) is 5.10 Å². The lowest BCUT2D eigenvalue weighted by atomic mass is 10.0. The number of hydrogen-bond acceptors (Lipinski definition) is 3. The molecule has 0 saturated heterocycles. The van der Waals surface area contributed by atoms with Gasteiger partial charge in [0.2, 0.25) is 0 Å². The first kappa shape index (κ1) is 20.0. The first-order valence-corrected chi connectivity index (χ1v) is 8.71. The molecule has 0 aliphatic rings. The Balaban J connectivity index is 0.000000579. The van der Waals surface area contributed by atoms with E-state index in [0.29, 0.717) is 0 Å². The highest BCUT2D eigenvalue weighted by Gasteiger charge is 2.10. The monoisotopic (exact) mass is 309 g/mol. The van der Waals surface area contributed by atoms with E-state index in [0.717, 1.165) is 29.2 Å². The number of aromatic nitrogens is 2. The molecule has 0 radical (unpaired) electrons. The summed E-state index contributed by atoms with van der Waals surface area (Å²) in [7, 11) is 0. The zero-order valence-electron chi connectivity index (χ0n) is 14.6. The van der Waals surface area contributed by atoms with Gasteiger partial charge in [0.25, 0.3) is 0 Å². The Bertz CT molecular complexity index is 515. The SMILES string of the molecule is CC.CC(C)C.CCCc1c(SN)cc2[nH]ncc2c1C. The molecule has 0 spiro atoms. The van der Waals surface area contributed by atoms with E-state index in [1.807, 2.05) is 20.0 Å². The zero-order valence-corrected chi connectivity index (χ0v) is 15.4. The van der Waals surface area contributed by atoms with E-state index in [4.69, 9.17) is 5.14 Å². The highest BCUT2D eigenvalue weighted by Crippen LogP contribution is 2.29. The molecule has 0 aliphatic heterocycles. The van der Waals surface area contributed by atoms with Crippen LogP contribution < -0.4 is 5.14 Å². The Morgan fingerprint density at radius 2 is 1.86 bits per heavy atom. The summed E-state index contributed by atoms with van der Waals surface area (Å²) in [6, 6.07) is 2.09. The van der Waals surface area contributed by atoms with Crippen molar-refractivity contribution in [1.82, 2.24) is 10.2 Å². The van der Waals surface area contributed by atoms with Crippen molar-refractivity contribution in [1.29, 1.82) is 0 Å². The maximum atomic E-state index is 5.69. The number of hydrogen-bond donors (Lipinski definition) is 2. The second-order valence-corrected chi connectivity index (χ2v) is 6.08. The maximum absolute atomic E-state index is 5.69. The molecule has 0 aliphatic carbocycles. The molecule has 4 heteroatoms. The lowest BCUT2D eigenvalue weighted by Crippen LogP contribution is -1.95. The summed E-state index contributed by atoms with van der Waals surface area (Å²) in [5.41, 5.74) is 3.73. The third-order valence-corrected chi connectivity index (χ3v) is 3.34. The average Bonchev–Trinajstić information content (AvgIpc) is 2.92. The highest BCUT2D eigenvalue weighted by atomic mass is 32.2. The van der Waals surface area contributed by atoms with Crippen LogP contribution >= 0.6 is 11.9 Å². The van der Waals surface area contributed by atoms with E-state index in [2.05, 4.69) is 50.9 Å². The number of nitrogens with zero attached hydrogens (tertiary/aromatic N) is 1. The summed E-state index contributed by atoms with van der Waals surface area (Å²) in [5.74, 6) is 0.833. The third kappa shape index (κ3) is 6.10. The minimum atomic E-state index is 0.833. The molecule has 0 amide bonds. The average molecular weight is 310 g/mol. The molecule has 1 heterocycles. The van der Waals surface area contributed by atoms with Crippen molar-refractivity contribution in [2.45, 2.75) is 66.2 Å². The Morgan fingerprint density at radius 3 is 2.33 bits per heavy atom. The predicted octanol–water partition coefficient (Wildman–Crippen LogP) is 5.48. The molecule has 0 fully saturated rings. The van der Waals surface area contributed by atoms with Crippen LogP contribution in [0.15, 0.2) is 17.2 Å². The Hall–Kier alpha value is -1.00. The van der Waals surface area contributed by atoms with Gasteiger partial charge >= 0.3 is 0 Å². The summed E-state index contributed by atoms with van der Waals surface area (Å²) in [6.45, 7) is 14.8. The molecular formula is C17H31N3S. The van der Waals surface area contributed by atoms with Crippen molar-refractivity contribution < 1.29 is 0 Å². The molecule has 1 aromatic carbocycles. The second kappa shape index (κ2) is 10.7. The van der Waals surface area contributed by atoms with Crippen LogP contribution in [0.5, 0.6) is 0 Å². The fraction of sp³-hybridized carbons (Fsp3) is 0.588. The zero-order chi connectivity index (χ0) is 16.4. The van der Waals surface area contributed by atoms with Gasteiger partial charge in [0.05, 0.1) is 11.7 Å². The number of benzene rings is 1. The van der Waals surface area contributed by atoms with Crippen LogP contribution in [0.1, 0.15) is 59.1 Å². The fourth-order valence-electron chi connectivity index (χ4n) is 1.94. The predicted molar refractivity (Wildman–Crippen MR) is 96.7 cm³/mol. The van der Waals surface area contributed by atoms with Crippen molar-refractivity contribution in [2.75, 3.05) is 0 Å². The molecule has 1 aromatic heterocycles. The number of nitrogens with two attached hydrogens (primary N) is 1. The Labute approximate surface area is 134 Å². The van der Waals surface area contributed by atoms with Crippen LogP contribution in [0.3, 0.4) is 0 Å². The van der Waals surface area contributed by atoms with Gasteiger partial charge in [0, 0.05) is 10.3 Å². The molecule has 21 heavy (non-hydrogen) atoms. The van der Waals surface area contributed by atoms with E-state index in [-0.39, 0.29) is 0 Å².